The number of carbonyl (C=O) groups excluding carboxylic acids is 1. The normalized spacial score (nSPS) is 20.0. The third kappa shape index (κ3) is 4.00. The van der Waals surface area contributed by atoms with Gasteiger partial charge in [-0.25, -0.2) is 19.2 Å². The lowest BCUT2D eigenvalue weighted by Crippen LogP contribution is -2.52. The predicted octanol–water partition coefficient (Wildman–Crippen LogP) is 3.38. The standard InChI is InChI=1S/C23H26FN7O.ClH/c1-14-11-30-13-19(17(24)10-21(30)27-14)28-23(32)31-8-5-16-20(4-6-26-22(16)31)29-9-7-25-18(12-29)15-2-3-15;/h4,6,10-11,13,15,18,25H,2-3,5,7-9,12H2,1H3,(H,28,32);1H/t18-;/m0./s1. The fourth-order valence-corrected chi connectivity index (χ4v) is 4.99. The number of urea groups is 1. The minimum atomic E-state index is -0.510. The van der Waals surface area contributed by atoms with Gasteiger partial charge in [-0.15, -0.1) is 12.4 Å². The van der Waals surface area contributed by atoms with Crippen LogP contribution in [-0.4, -0.2) is 52.6 Å². The van der Waals surface area contributed by atoms with E-state index in [4.69, 9.17) is 0 Å². The topological polar surface area (TPSA) is 77.8 Å². The van der Waals surface area contributed by atoms with Gasteiger partial charge in [0.2, 0.25) is 0 Å². The Bertz CT molecular complexity index is 1210. The van der Waals surface area contributed by atoms with Crippen LogP contribution >= 0.6 is 12.4 Å². The molecule has 0 unspecified atom stereocenters. The van der Waals surface area contributed by atoms with E-state index in [1.54, 1.807) is 27.9 Å². The molecule has 1 saturated heterocycles. The lowest BCUT2D eigenvalue weighted by atomic mass is 10.1. The summed E-state index contributed by atoms with van der Waals surface area (Å²) in [6.45, 7) is 5.28. The first-order valence-corrected chi connectivity index (χ1v) is 11.3. The molecule has 10 heteroatoms. The van der Waals surface area contributed by atoms with Gasteiger partial charge in [-0.3, -0.25) is 4.90 Å². The summed E-state index contributed by atoms with van der Waals surface area (Å²) in [6.07, 6.45) is 8.50. The zero-order valence-corrected chi connectivity index (χ0v) is 19.2. The Labute approximate surface area is 197 Å². The van der Waals surface area contributed by atoms with Gasteiger partial charge in [0.05, 0.1) is 11.4 Å². The molecule has 0 spiro atoms. The molecular formula is C23H27ClFN7O. The van der Waals surface area contributed by atoms with Gasteiger partial charge in [0.15, 0.2) is 5.82 Å². The zero-order valence-electron chi connectivity index (χ0n) is 18.4. The van der Waals surface area contributed by atoms with E-state index < -0.39 is 5.82 Å². The van der Waals surface area contributed by atoms with Crippen molar-refractivity contribution < 1.29 is 9.18 Å². The van der Waals surface area contributed by atoms with E-state index in [1.165, 1.54) is 24.6 Å². The minimum absolute atomic E-state index is 0. The molecule has 2 fully saturated rings. The average molecular weight is 472 g/mol. The molecule has 3 aromatic rings. The molecule has 2 aliphatic heterocycles. The summed E-state index contributed by atoms with van der Waals surface area (Å²) in [5.74, 6) is 0.951. The first-order valence-electron chi connectivity index (χ1n) is 11.3. The number of amides is 2. The fraction of sp³-hybridized carbons (Fsp3) is 0.435. The highest BCUT2D eigenvalue weighted by Crippen LogP contribution is 2.37. The van der Waals surface area contributed by atoms with Crippen molar-refractivity contribution >= 4 is 41.3 Å². The summed E-state index contributed by atoms with van der Waals surface area (Å²) in [7, 11) is 0. The number of nitrogens with zero attached hydrogens (tertiary/aromatic N) is 5. The third-order valence-corrected chi connectivity index (χ3v) is 6.74. The number of nitrogens with one attached hydrogen (secondary N) is 2. The first-order chi connectivity index (χ1) is 15.6. The van der Waals surface area contributed by atoms with Crippen molar-refractivity contribution in [3.63, 3.8) is 0 Å². The van der Waals surface area contributed by atoms with Crippen LogP contribution in [0.15, 0.2) is 30.7 Å². The summed E-state index contributed by atoms with van der Waals surface area (Å²) in [5.41, 5.74) is 3.68. The van der Waals surface area contributed by atoms with Gasteiger partial charge in [0, 0.05) is 68.1 Å². The first kappa shape index (κ1) is 21.9. The Balaban J connectivity index is 0.00000228. The largest absolute Gasteiger partial charge is 0.368 e. The van der Waals surface area contributed by atoms with Crippen LogP contribution in [0.3, 0.4) is 0 Å². The molecule has 0 bridgehead atoms. The number of aromatic nitrogens is 3. The number of pyridine rings is 2. The Morgan fingerprint density at radius 2 is 2.12 bits per heavy atom. The Hall–Kier alpha value is -2.91. The van der Waals surface area contributed by atoms with Gasteiger partial charge in [0.1, 0.15) is 11.5 Å². The maximum Gasteiger partial charge on any atom is 0.327 e. The number of aryl methyl sites for hydroxylation is 1. The Morgan fingerprint density at radius 3 is 2.94 bits per heavy atom. The average Bonchev–Trinajstić information content (AvgIpc) is 3.45. The van der Waals surface area contributed by atoms with Gasteiger partial charge >= 0.3 is 6.03 Å². The number of halogens is 2. The lowest BCUT2D eigenvalue weighted by Gasteiger charge is -2.36. The molecule has 2 N–H and O–H groups in total. The van der Waals surface area contributed by atoms with Gasteiger partial charge in [-0.05, 0) is 38.2 Å². The monoisotopic (exact) mass is 471 g/mol. The Morgan fingerprint density at radius 1 is 1.27 bits per heavy atom. The van der Waals surface area contributed by atoms with Crippen molar-refractivity contribution in [2.45, 2.75) is 32.2 Å². The molecule has 8 nitrogen and oxygen atoms in total. The summed E-state index contributed by atoms with van der Waals surface area (Å²) < 4.78 is 16.3. The fourth-order valence-electron chi connectivity index (χ4n) is 4.99. The number of anilines is 3. The highest BCUT2D eigenvalue weighted by molar-refractivity contribution is 6.03. The second-order valence-corrected chi connectivity index (χ2v) is 8.99. The smallest absolute Gasteiger partial charge is 0.327 e. The zero-order chi connectivity index (χ0) is 21.8. The number of hydrogen-bond donors (Lipinski definition) is 2. The summed E-state index contributed by atoms with van der Waals surface area (Å²) in [4.78, 5) is 25.9. The van der Waals surface area contributed by atoms with Crippen LogP contribution in [0.1, 0.15) is 24.1 Å². The summed E-state index contributed by atoms with van der Waals surface area (Å²) in [6, 6.07) is 3.56. The van der Waals surface area contributed by atoms with Crippen molar-refractivity contribution in [2.24, 2.45) is 5.92 Å². The summed E-state index contributed by atoms with van der Waals surface area (Å²) in [5, 5.41) is 6.37. The molecular weight excluding hydrogens is 445 g/mol. The highest BCUT2D eigenvalue weighted by atomic mass is 35.5. The molecule has 2 amide bonds. The number of fused-ring (bicyclic) bond motifs is 2. The lowest BCUT2D eigenvalue weighted by molar-refractivity contribution is 0.257. The molecule has 0 radical (unpaired) electrons. The van der Waals surface area contributed by atoms with E-state index >= 15 is 0 Å². The van der Waals surface area contributed by atoms with Crippen LogP contribution in [0.25, 0.3) is 5.65 Å². The van der Waals surface area contributed by atoms with Crippen LogP contribution in [0.5, 0.6) is 0 Å². The second-order valence-electron chi connectivity index (χ2n) is 8.99. The Kier molecular flexibility index (Phi) is 5.62. The molecule has 3 aromatic heterocycles. The van der Waals surface area contributed by atoms with Crippen molar-refractivity contribution in [2.75, 3.05) is 41.3 Å². The van der Waals surface area contributed by atoms with Crippen molar-refractivity contribution in [1.29, 1.82) is 0 Å². The van der Waals surface area contributed by atoms with Crippen LogP contribution in [0.4, 0.5) is 26.4 Å². The quantitative estimate of drug-likeness (QED) is 0.612. The van der Waals surface area contributed by atoms with Gasteiger partial charge in [-0.2, -0.15) is 0 Å². The van der Waals surface area contributed by atoms with E-state index in [9.17, 15) is 9.18 Å². The van der Waals surface area contributed by atoms with E-state index in [0.29, 0.717) is 24.1 Å². The molecule has 33 heavy (non-hydrogen) atoms. The minimum Gasteiger partial charge on any atom is -0.368 e. The van der Waals surface area contributed by atoms with E-state index in [2.05, 4.69) is 31.6 Å². The van der Waals surface area contributed by atoms with Gasteiger partial charge in [-0.1, -0.05) is 0 Å². The van der Waals surface area contributed by atoms with Crippen molar-refractivity contribution in [3.05, 3.63) is 47.8 Å². The number of hydrogen-bond acceptors (Lipinski definition) is 5. The maximum absolute atomic E-state index is 14.6. The van der Waals surface area contributed by atoms with Crippen LogP contribution < -0.4 is 20.4 Å². The van der Waals surface area contributed by atoms with Gasteiger partial charge in [0.25, 0.3) is 0 Å². The number of imidazole rings is 1. The molecule has 1 atom stereocenters. The molecule has 174 valence electrons. The maximum atomic E-state index is 14.6. The van der Waals surface area contributed by atoms with E-state index in [1.807, 2.05) is 6.92 Å². The highest BCUT2D eigenvalue weighted by Gasteiger charge is 2.36. The number of carbonyl (C=O) groups is 1. The van der Waals surface area contributed by atoms with Crippen LogP contribution in [0.2, 0.25) is 0 Å². The molecule has 1 saturated carbocycles. The number of rotatable bonds is 3. The third-order valence-electron chi connectivity index (χ3n) is 6.74. The molecule has 1 aliphatic carbocycles. The van der Waals surface area contributed by atoms with E-state index in [-0.39, 0.29) is 24.1 Å². The van der Waals surface area contributed by atoms with Crippen LogP contribution in [-0.2, 0) is 6.42 Å². The van der Waals surface area contributed by atoms with Crippen molar-refractivity contribution in [3.8, 4) is 0 Å². The van der Waals surface area contributed by atoms with Crippen LogP contribution in [0, 0.1) is 18.7 Å². The number of piperazine rings is 1. The SMILES string of the molecule is Cc1cn2cc(NC(=O)N3CCc4c(N5CCN[C@H](C6CC6)C5)ccnc43)c(F)cc2n1.Cl. The molecule has 3 aliphatic rings. The van der Waals surface area contributed by atoms with Gasteiger partial charge < -0.3 is 19.9 Å². The predicted molar refractivity (Wildman–Crippen MR) is 128 cm³/mol. The molecule has 6 rings (SSSR count). The molecule has 5 heterocycles. The van der Waals surface area contributed by atoms with Crippen molar-refractivity contribution in [1.82, 2.24) is 19.7 Å². The second kappa shape index (κ2) is 8.46. The summed E-state index contributed by atoms with van der Waals surface area (Å²) >= 11 is 0. The molecule has 0 aromatic carbocycles. The van der Waals surface area contributed by atoms with E-state index in [0.717, 1.165) is 43.2 Å².